The summed E-state index contributed by atoms with van der Waals surface area (Å²) in [6.07, 6.45) is 14.9. The van der Waals surface area contributed by atoms with Gasteiger partial charge in [-0.05, 0) is 36.1 Å². The third-order valence-corrected chi connectivity index (χ3v) is 3.57. The van der Waals surface area contributed by atoms with Gasteiger partial charge in [0.1, 0.15) is 0 Å². The van der Waals surface area contributed by atoms with Gasteiger partial charge < -0.3 is 0 Å². The van der Waals surface area contributed by atoms with Crippen LogP contribution in [-0.4, -0.2) is 0 Å². The fourth-order valence-corrected chi connectivity index (χ4v) is 2.24. The Morgan fingerprint density at radius 1 is 1.11 bits per heavy atom. The molecule has 0 fully saturated rings. The molecule has 0 N–H and O–H groups in total. The van der Waals surface area contributed by atoms with E-state index in [2.05, 4.69) is 83.2 Å². The first-order chi connectivity index (χ1) is 8.75. The van der Waals surface area contributed by atoms with Gasteiger partial charge in [0.05, 0.1) is 0 Å². The Balaban J connectivity index is 2.13. The molecule has 18 heavy (non-hydrogen) atoms. The van der Waals surface area contributed by atoms with E-state index in [1.54, 1.807) is 0 Å². The van der Waals surface area contributed by atoms with Crippen molar-refractivity contribution in [3.05, 3.63) is 82.9 Å². The summed E-state index contributed by atoms with van der Waals surface area (Å²) in [7, 11) is 0. The first-order valence-corrected chi connectivity index (χ1v) is 6.98. The van der Waals surface area contributed by atoms with E-state index in [0.29, 0.717) is 5.92 Å². The van der Waals surface area contributed by atoms with Crippen LogP contribution in [0, 0.1) is 5.92 Å². The third-order valence-electron chi connectivity index (χ3n) is 3.04. The molecule has 1 aliphatic rings. The van der Waals surface area contributed by atoms with Crippen LogP contribution in [0.1, 0.15) is 12.0 Å². The molecule has 0 saturated carbocycles. The Bertz CT molecular complexity index is 489. The lowest BCUT2D eigenvalue weighted by molar-refractivity contribution is 0.772. The average Bonchev–Trinajstić information content (AvgIpc) is 2.46. The normalized spacial score (nSPS) is 24.7. The number of allylic oxidation sites excluding steroid dienone is 7. The van der Waals surface area contributed by atoms with Crippen LogP contribution in [0.3, 0.4) is 0 Å². The van der Waals surface area contributed by atoms with Crippen LogP contribution in [0.5, 0.6) is 0 Å². The number of benzene rings is 1. The van der Waals surface area contributed by atoms with Crippen LogP contribution >= 0.6 is 15.9 Å². The van der Waals surface area contributed by atoms with Gasteiger partial charge in [0.15, 0.2) is 0 Å². The molecule has 1 heteroatoms. The summed E-state index contributed by atoms with van der Waals surface area (Å²) < 4.78 is 1.12. The summed E-state index contributed by atoms with van der Waals surface area (Å²) in [4.78, 5) is 0. The van der Waals surface area contributed by atoms with Crippen molar-refractivity contribution >= 4 is 15.9 Å². The van der Waals surface area contributed by atoms with E-state index in [1.807, 2.05) is 0 Å². The molecule has 0 spiro atoms. The molecule has 0 saturated heterocycles. The molecule has 0 aromatic heterocycles. The quantitative estimate of drug-likeness (QED) is 0.656. The Morgan fingerprint density at radius 3 is 2.67 bits per heavy atom. The number of hydrogen-bond acceptors (Lipinski definition) is 0. The average molecular weight is 301 g/mol. The van der Waals surface area contributed by atoms with E-state index in [1.165, 1.54) is 11.1 Å². The molecule has 0 bridgehead atoms. The maximum atomic E-state index is 4.17. The molecule has 0 aliphatic heterocycles. The number of rotatable bonds is 2. The van der Waals surface area contributed by atoms with Gasteiger partial charge in [-0.15, -0.1) is 0 Å². The van der Waals surface area contributed by atoms with Crippen LogP contribution in [0.2, 0.25) is 0 Å². The van der Waals surface area contributed by atoms with Crippen LogP contribution < -0.4 is 0 Å². The van der Waals surface area contributed by atoms with E-state index in [0.717, 1.165) is 17.3 Å². The smallest absolute Gasteiger partial charge is 0.0175 e. The molecule has 1 atom stereocenters. The molecule has 1 aromatic rings. The molecule has 1 aliphatic carbocycles. The third kappa shape index (κ3) is 3.85. The molecular weight excluding hydrogens is 284 g/mol. The molecule has 0 heterocycles. The van der Waals surface area contributed by atoms with Crippen molar-refractivity contribution in [3.8, 4) is 0 Å². The predicted molar refractivity (Wildman–Crippen MR) is 82.5 cm³/mol. The second-order valence-corrected chi connectivity index (χ2v) is 5.38. The zero-order valence-corrected chi connectivity index (χ0v) is 11.9. The van der Waals surface area contributed by atoms with Crippen molar-refractivity contribution in [3.63, 3.8) is 0 Å². The van der Waals surface area contributed by atoms with Gasteiger partial charge in [-0.25, -0.2) is 0 Å². The monoisotopic (exact) mass is 300 g/mol. The highest BCUT2D eigenvalue weighted by Crippen LogP contribution is 2.21. The topological polar surface area (TPSA) is 0 Å². The minimum atomic E-state index is 0.391. The highest BCUT2D eigenvalue weighted by Gasteiger charge is 2.08. The first kappa shape index (κ1) is 13.1. The Hall–Kier alpha value is -1.34. The summed E-state index contributed by atoms with van der Waals surface area (Å²) in [5, 5.41) is 0. The maximum absolute atomic E-state index is 4.17. The zero-order valence-electron chi connectivity index (χ0n) is 10.4. The van der Waals surface area contributed by atoms with Gasteiger partial charge in [-0.3, -0.25) is 0 Å². The van der Waals surface area contributed by atoms with Crippen molar-refractivity contribution in [2.45, 2.75) is 12.8 Å². The second kappa shape index (κ2) is 6.55. The predicted octanol–water partition coefficient (Wildman–Crippen LogP) is 5.24. The molecule has 1 unspecified atom stereocenters. The van der Waals surface area contributed by atoms with Crippen LogP contribution in [0.15, 0.2) is 77.3 Å². The fourth-order valence-electron chi connectivity index (χ4n) is 1.98. The fraction of sp³-hybridized carbons (Fsp3) is 0.176. The first-order valence-electron chi connectivity index (χ1n) is 6.19. The van der Waals surface area contributed by atoms with E-state index < -0.39 is 0 Å². The highest BCUT2D eigenvalue weighted by molar-refractivity contribution is 9.10. The summed E-state index contributed by atoms with van der Waals surface area (Å²) in [5.41, 5.74) is 2.51. The number of hydrogen-bond donors (Lipinski definition) is 0. The molecular formula is C17H17Br. The molecule has 0 radical (unpaired) electrons. The van der Waals surface area contributed by atoms with E-state index >= 15 is 0 Å². The molecule has 0 nitrogen and oxygen atoms in total. The van der Waals surface area contributed by atoms with Gasteiger partial charge in [-0.1, -0.05) is 71.1 Å². The van der Waals surface area contributed by atoms with Gasteiger partial charge in [0.25, 0.3) is 0 Å². The van der Waals surface area contributed by atoms with Crippen molar-refractivity contribution < 1.29 is 0 Å². The minimum Gasteiger partial charge on any atom is -0.0952 e. The van der Waals surface area contributed by atoms with Crippen molar-refractivity contribution in [1.29, 1.82) is 0 Å². The Labute approximate surface area is 118 Å². The molecule has 0 amide bonds. The lowest BCUT2D eigenvalue weighted by Gasteiger charge is -2.13. The minimum absolute atomic E-state index is 0.391. The molecule has 2 rings (SSSR count). The largest absolute Gasteiger partial charge is 0.0952 e. The second-order valence-electron chi connectivity index (χ2n) is 4.46. The van der Waals surface area contributed by atoms with Crippen LogP contribution in [0.4, 0.5) is 0 Å². The molecule has 1 aromatic carbocycles. The van der Waals surface area contributed by atoms with E-state index in [-0.39, 0.29) is 0 Å². The van der Waals surface area contributed by atoms with Crippen molar-refractivity contribution in [2.24, 2.45) is 5.92 Å². The zero-order chi connectivity index (χ0) is 12.8. The van der Waals surface area contributed by atoms with E-state index in [4.69, 9.17) is 0 Å². The SMILES string of the molecule is C=C1/C=C\C=C/C/C=C\C1Cc1ccc(Br)cc1. The summed E-state index contributed by atoms with van der Waals surface area (Å²) in [6.45, 7) is 4.17. The van der Waals surface area contributed by atoms with E-state index in [9.17, 15) is 0 Å². The lowest BCUT2D eigenvalue weighted by Crippen LogP contribution is -2.03. The summed E-state index contributed by atoms with van der Waals surface area (Å²) >= 11 is 3.46. The lowest BCUT2D eigenvalue weighted by atomic mass is 9.92. The maximum Gasteiger partial charge on any atom is 0.0175 e. The standard InChI is InChI=1S/C17H17Br/c1-14-7-5-3-2-4-6-8-16(14)13-15-9-11-17(18)12-10-15/h2-3,5-12,16H,1,4,13H2/b3-2-,7-5-,8-6-. The Kier molecular flexibility index (Phi) is 4.77. The number of halogens is 1. The van der Waals surface area contributed by atoms with Crippen molar-refractivity contribution in [2.75, 3.05) is 0 Å². The van der Waals surface area contributed by atoms with Gasteiger partial charge in [-0.2, -0.15) is 0 Å². The van der Waals surface area contributed by atoms with Crippen molar-refractivity contribution in [1.82, 2.24) is 0 Å². The van der Waals surface area contributed by atoms with Crippen LogP contribution in [0.25, 0.3) is 0 Å². The van der Waals surface area contributed by atoms with Gasteiger partial charge in [0, 0.05) is 10.4 Å². The molecule has 92 valence electrons. The highest BCUT2D eigenvalue weighted by atomic mass is 79.9. The summed E-state index contributed by atoms with van der Waals surface area (Å²) in [5.74, 6) is 0.391. The Morgan fingerprint density at radius 2 is 1.89 bits per heavy atom. The van der Waals surface area contributed by atoms with Gasteiger partial charge >= 0.3 is 0 Å². The summed E-state index contributed by atoms with van der Waals surface area (Å²) in [6, 6.07) is 8.52. The van der Waals surface area contributed by atoms with Gasteiger partial charge in [0.2, 0.25) is 0 Å². The van der Waals surface area contributed by atoms with Crippen LogP contribution in [-0.2, 0) is 6.42 Å².